The lowest BCUT2D eigenvalue weighted by atomic mass is 10.3. The zero-order chi connectivity index (χ0) is 16.0. The third-order valence-corrected chi connectivity index (χ3v) is 4.39. The minimum Gasteiger partial charge on any atom is -0.392 e. The molecule has 0 aliphatic rings. The number of non-ortho nitro benzene ring substituents is 1. The molecule has 21 heavy (non-hydrogen) atoms. The molecule has 0 fully saturated rings. The molecule has 0 aliphatic heterocycles. The summed E-state index contributed by atoms with van der Waals surface area (Å²) >= 11 is 5.77. The van der Waals surface area contributed by atoms with Gasteiger partial charge in [0.1, 0.15) is 4.90 Å². The third-order valence-electron chi connectivity index (χ3n) is 2.45. The van der Waals surface area contributed by atoms with Crippen LogP contribution in [-0.4, -0.2) is 44.2 Å². The van der Waals surface area contributed by atoms with Gasteiger partial charge in [0.05, 0.1) is 16.0 Å². The van der Waals surface area contributed by atoms with E-state index in [4.69, 9.17) is 16.7 Å². The van der Waals surface area contributed by atoms with Crippen LogP contribution < -0.4 is 10.0 Å². The quantitative estimate of drug-likeness (QED) is 0.361. The van der Waals surface area contributed by atoms with Crippen LogP contribution in [0.25, 0.3) is 0 Å². The van der Waals surface area contributed by atoms with Crippen LogP contribution in [0.2, 0.25) is 5.02 Å². The van der Waals surface area contributed by atoms with Gasteiger partial charge in [-0.1, -0.05) is 11.6 Å². The van der Waals surface area contributed by atoms with E-state index in [0.29, 0.717) is 13.1 Å². The molecule has 1 rings (SSSR count). The minimum atomic E-state index is -3.84. The molecule has 0 radical (unpaired) electrons. The van der Waals surface area contributed by atoms with Gasteiger partial charge in [0.25, 0.3) is 5.69 Å². The van der Waals surface area contributed by atoms with E-state index in [1.807, 2.05) is 0 Å². The van der Waals surface area contributed by atoms with Gasteiger partial charge in [-0.05, 0) is 13.0 Å². The minimum absolute atomic E-state index is 0.0996. The average molecular weight is 338 g/mol. The number of halogens is 1. The summed E-state index contributed by atoms with van der Waals surface area (Å²) in [5.74, 6) is 0. The Labute approximate surface area is 127 Å². The maximum Gasteiger partial charge on any atom is 0.271 e. The largest absolute Gasteiger partial charge is 0.392 e. The van der Waals surface area contributed by atoms with Crippen LogP contribution in [0, 0.1) is 10.1 Å². The molecule has 0 bridgehead atoms. The average Bonchev–Trinajstić information content (AvgIpc) is 2.37. The topological polar surface area (TPSA) is 122 Å². The highest BCUT2D eigenvalue weighted by Crippen LogP contribution is 2.25. The molecule has 1 unspecified atom stereocenters. The second kappa shape index (κ2) is 7.66. The van der Waals surface area contributed by atoms with E-state index in [1.165, 1.54) is 0 Å². The van der Waals surface area contributed by atoms with Crippen LogP contribution >= 0.6 is 11.6 Å². The Hall–Kier alpha value is -1.26. The van der Waals surface area contributed by atoms with Gasteiger partial charge >= 0.3 is 0 Å². The Morgan fingerprint density at radius 3 is 2.62 bits per heavy atom. The number of nitrogens with one attached hydrogen (secondary N) is 2. The first-order valence-corrected chi connectivity index (χ1v) is 7.92. The fourth-order valence-corrected chi connectivity index (χ4v) is 3.05. The summed E-state index contributed by atoms with van der Waals surface area (Å²) in [6.45, 7) is 2.38. The Morgan fingerprint density at radius 1 is 1.43 bits per heavy atom. The maximum absolute atomic E-state index is 12.0. The number of rotatable bonds is 8. The molecule has 0 aliphatic carbocycles. The summed E-state index contributed by atoms with van der Waals surface area (Å²) in [4.78, 5) is 9.69. The molecule has 1 aromatic rings. The molecular formula is C11H16ClN3O5S. The molecule has 0 amide bonds. The summed E-state index contributed by atoms with van der Waals surface area (Å²) in [7, 11) is -3.84. The molecule has 0 saturated heterocycles. The molecule has 3 N–H and O–H groups in total. The van der Waals surface area contributed by atoms with Crippen molar-refractivity contribution < 1.29 is 18.4 Å². The Balaban J connectivity index is 2.68. The molecule has 1 atom stereocenters. The van der Waals surface area contributed by atoms with Gasteiger partial charge in [-0.25, -0.2) is 13.1 Å². The van der Waals surface area contributed by atoms with E-state index in [9.17, 15) is 18.5 Å². The lowest BCUT2D eigenvalue weighted by Gasteiger charge is -2.09. The molecule has 0 aromatic heterocycles. The van der Waals surface area contributed by atoms with Crippen molar-refractivity contribution in [1.29, 1.82) is 0 Å². The number of aliphatic hydroxyl groups excluding tert-OH is 1. The van der Waals surface area contributed by atoms with E-state index in [1.54, 1.807) is 6.92 Å². The molecule has 10 heteroatoms. The maximum atomic E-state index is 12.0. The number of hydrogen-bond acceptors (Lipinski definition) is 6. The van der Waals surface area contributed by atoms with Crippen molar-refractivity contribution in [3.63, 3.8) is 0 Å². The highest BCUT2D eigenvalue weighted by Gasteiger charge is 2.19. The lowest BCUT2D eigenvalue weighted by Crippen LogP contribution is -2.34. The van der Waals surface area contributed by atoms with Crippen LogP contribution in [-0.2, 0) is 10.0 Å². The van der Waals surface area contributed by atoms with E-state index < -0.39 is 21.1 Å². The van der Waals surface area contributed by atoms with Crippen LogP contribution in [0.4, 0.5) is 5.69 Å². The van der Waals surface area contributed by atoms with Crippen LogP contribution in [0.3, 0.4) is 0 Å². The standard InChI is InChI=1S/C11H16ClN3O5S/c1-8(16)7-13-4-5-14-21(19,20)11-3-2-9(15(17)18)6-10(11)12/h2-3,6,8,13-14,16H,4-5,7H2,1H3. The smallest absolute Gasteiger partial charge is 0.271 e. The number of nitro benzene ring substituents is 1. The van der Waals surface area contributed by atoms with E-state index in [-0.39, 0.29) is 22.2 Å². The molecule has 8 nitrogen and oxygen atoms in total. The highest BCUT2D eigenvalue weighted by atomic mass is 35.5. The van der Waals surface area contributed by atoms with Crippen LogP contribution in [0.15, 0.2) is 23.1 Å². The van der Waals surface area contributed by atoms with Crippen molar-refractivity contribution in [2.45, 2.75) is 17.9 Å². The first kappa shape index (κ1) is 17.8. The zero-order valence-electron chi connectivity index (χ0n) is 11.2. The van der Waals surface area contributed by atoms with Crippen molar-refractivity contribution in [3.05, 3.63) is 33.3 Å². The summed E-state index contributed by atoms with van der Waals surface area (Å²) in [5.41, 5.74) is -0.280. The molecule has 0 spiro atoms. The van der Waals surface area contributed by atoms with Crippen molar-refractivity contribution >= 4 is 27.3 Å². The third kappa shape index (κ3) is 5.56. The predicted octanol–water partition coefficient (Wildman–Crippen LogP) is 0.497. The fraction of sp³-hybridized carbons (Fsp3) is 0.455. The summed E-state index contributed by atoms with van der Waals surface area (Å²) in [5, 5.41) is 22.2. The van der Waals surface area contributed by atoms with Crippen LogP contribution in [0.5, 0.6) is 0 Å². The summed E-state index contributed by atoms with van der Waals surface area (Å²) in [6, 6.07) is 3.15. The van der Waals surface area contributed by atoms with Crippen LogP contribution in [0.1, 0.15) is 6.92 Å². The summed E-state index contributed by atoms with van der Waals surface area (Å²) < 4.78 is 26.3. The van der Waals surface area contributed by atoms with E-state index in [0.717, 1.165) is 18.2 Å². The van der Waals surface area contributed by atoms with Gasteiger partial charge in [0, 0.05) is 31.8 Å². The van der Waals surface area contributed by atoms with Gasteiger partial charge in [-0.3, -0.25) is 10.1 Å². The van der Waals surface area contributed by atoms with Crippen molar-refractivity contribution in [3.8, 4) is 0 Å². The zero-order valence-corrected chi connectivity index (χ0v) is 12.8. The Morgan fingerprint density at radius 2 is 2.10 bits per heavy atom. The second-order valence-electron chi connectivity index (χ2n) is 4.32. The monoisotopic (exact) mass is 337 g/mol. The van der Waals surface area contributed by atoms with Crippen molar-refractivity contribution in [2.75, 3.05) is 19.6 Å². The molecular weight excluding hydrogens is 322 g/mol. The first-order chi connectivity index (χ1) is 9.74. The Kier molecular flexibility index (Phi) is 6.49. The molecule has 1 aromatic carbocycles. The Bertz CT molecular complexity index is 606. The number of nitro groups is 1. The van der Waals surface area contributed by atoms with Gasteiger partial charge in [0.15, 0.2) is 0 Å². The number of benzene rings is 1. The second-order valence-corrected chi connectivity index (χ2v) is 6.47. The number of sulfonamides is 1. The number of nitrogens with zero attached hydrogens (tertiary/aromatic N) is 1. The molecule has 118 valence electrons. The van der Waals surface area contributed by atoms with Gasteiger partial charge in [0.2, 0.25) is 10.0 Å². The first-order valence-electron chi connectivity index (χ1n) is 6.06. The number of hydrogen-bond donors (Lipinski definition) is 3. The fourth-order valence-electron chi connectivity index (χ4n) is 1.48. The number of aliphatic hydroxyl groups is 1. The lowest BCUT2D eigenvalue weighted by molar-refractivity contribution is -0.384. The van der Waals surface area contributed by atoms with E-state index >= 15 is 0 Å². The highest BCUT2D eigenvalue weighted by molar-refractivity contribution is 7.89. The van der Waals surface area contributed by atoms with Crippen molar-refractivity contribution in [1.82, 2.24) is 10.0 Å². The van der Waals surface area contributed by atoms with Gasteiger partial charge in [-0.2, -0.15) is 0 Å². The van der Waals surface area contributed by atoms with E-state index in [2.05, 4.69) is 10.0 Å². The van der Waals surface area contributed by atoms with Gasteiger partial charge in [-0.15, -0.1) is 0 Å². The normalized spacial score (nSPS) is 13.1. The van der Waals surface area contributed by atoms with Gasteiger partial charge < -0.3 is 10.4 Å². The predicted molar refractivity (Wildman–Crippen MR) is 77.8 cm³/mol. The SMILES string of the molecule is CC(O)CNCCNS(=O)(=O)c1ccc([N+](=O)[O-])cc1Cl. The molecule has 0 heterocycles. The summed E-state index contributed by atoms with van der Waals surface area (Å²) in [6.07, 6.45) is -0.522. The molecule has 0 saturated carbocycles. The van der Waals surface area contributed by atoms with Crippen molar-refractivity contribution in [2.24, 2.45) is 0 Å².